The third-order valence-electron chi connectivity index (χ3n) is 8.99. The van der Waals surface area contributed by atoms with Gasteiger partial charge in [0.25, 0.3) is 5.91 Å². The third-order valence-corrected chi connectivity index (χ3v) is 8.99. The summed E-state index contributed by atoms with van der Waals surface area (Å²) in [6, 6.07) is 17.9. The molecule has 4 aromatic carbocycles. The Labute approximate surface area is 307 Å². The van der Waals surface area contributed by atoms with E-state index in [0.29, 0.717) is 31.0 Å². The largest absolute Gasteiger partial charge is 0.486 e. The van der Waals surface area contributed by atoms with Crippen LogP contribution in [0.4, 0.5) is 36.4 Å². The summed E-state index contributed by atoms with van der Waals surface area (Å²) in [6.07, 6.45) is -11.7. The fourth-order valence-corrected chi connectivity index (χ4v) is 6.10. The number of alkyl halides is 6. The van der Waals surface area contributed by atoms with Crippen LogP contribution in [0.15, 0.2) is 84.9 Å². The van der Waals surface area contributed by atoms with Crippen LogP contribution in [-0.4, -0.2) is 65.6 Å². The van der Waals surface area contributed by atoms with Crippen molar-refractivity contribution < 1.29 is 54.9 Å². The first-order valence-corrected chi connectivity index (χ1v) is 16.9. The lowest BCUT2D eigenvalue weighted by atomic mass is 9.98. The zero-order chi connectivity index (χ0) is 39.4. The van der Waals surface area contributed by atoms with Crippen LogP contribution in [0.25, 0.3) is 0 Å². The van der Waals surface area contributed by atoms with E-state index in [1.807, 2.05) is 31.0 Å². The van der Waals surface area contributed by atoms with Gasteiger partial charge in [0.15, 0.2) is 17.3 Å². The first kappa shape index (κ1) is 40.0. The summed E-state index contributed by atoms with van der Waals surface area (Å²) >= 11 is 0. The molecule has 0 fully saturated rings. The van der Waals surface area contributed by atoms with Gasteiger partial charge in [-0.05, 0) is 73.6 Å². The Bertz CT molecular complexity index is 1950. The van der Waals surface area contributed by atoms with Crippen LogP contribution >= 0.6 is 0 Å². The summed E-state index contributed by atoms with van der Waals surface area (Å²) in [4.78, 5) is 30.5. The zero-order valence-corrected chi connectivity index (χ0v) is 29.5. The van der Waals surface area contributed by atoms with Gasteiger partial charge in [-0.1, -0.05) is 43.3 Å². The number of anilines is 1. The molecular formula is C39H38F7N3O5. The fourth-order valence-electron chi connectivity index (χ4n) is 6.10. The van der Waals surface area contributed by atoms with E-state index in [1.54, 1.807) is 31.2 Å². The number of halogens is 7. The van der Waals surface area contributed by atoms with Gasteiger partial charge >= 0.3 is 12.4 Å². The number of hydrogen-bond acceptors (Lipinski definition) is 6. The molecule has 1 unspecified atom stereocenters. The Balaban J connectivity index is 1.38. The van der Waals surface area contributed by atoms with Crippen LogP contribution in [0, 0.1) is 11.7 Å². The number of aliphatic hydroxyl groups is 1. The molecule has 5 rings (SSSR count). The van der Waals surface area contributed by atoms with Crippen molar-refractivity contribution in [2.75, 3.05) is 32.1 Å². The Kier molecular flexibility index (Phi) is 12.2. The van der Waals surface area contributed by atoms with Crippen molar-refractivity contribution in [3.8, 4) is 17.2 Å². The highest BCUT2D eigenvalue weighted by Gasteiger charge is 2.39. The van der Waals surface area contributed by atoms with Gasteiger partial charge in [-0.2, -0.15) is 26.3 Å². The molecule has 15 heteroatoms. The number of ether oxygens (including phenoxy) is 2. The van der Waals surface area contributed by atoms with Crippen LogP contribution in [0.1, 0.15) is 46.5 Å². The SMILES string of the molecule is CC(CO)N1C[C@@H](C)[C@@H](CN(C)Cc2ccc(Oc3ccccc3F)cc2)Oc2c(NC(=O)Cc3ccc(C(F)(F)F)cc3C(F)(F)F)cccc2C1=O. The number of likely N-dealkylation sites (N-methyl/N-ethyl adjacent to an activating group) is 1. The first-order valence-electron chi connectivity index (χ1n) is 16.9. The average molecular weight is 762 g/mol. The number of nitrogens with one attached hydrogen (secondary N) is 1. The van der Waals surface area contributed by atoms with Crippen molar-refractivity contribution >= 4 is 17.5 Å². The monoisotopic (exact) mass is 761 g/mol. The summed E-state index contributed by atoms with van der Waals surface area (Å²) in [5.74, 6) is -1.86. The predicted octanol–water partition coefficient (Wildman–Crippen LogP) is 8.19. The van der Waals surface area contributed by atoms with E-state index in [4.69, 9.17) is 9.47 Å². The van der Waals surface area contributed by atoms with Crippen molar-refractivity contribution in [1.82, 2.24) is 9.80 Å². The molecule has 0 spiro atoms. The van der Waals surface area contributed by atoms with Gasteiger partial charge < -0.3 is 24.8 Å². The molecule has 8 nitrogen and oxygen atoms in total. The maximum atomic E-state index is 14.0. The normalized spacial score (nSPS) is 17.0. The second-order valence-corrected chi connectivity index (χ2v) is 13.3. The van der Waals surface area contributed by atoms with Gasteiger partial charge in [-0.25, -0.2) is 4.39 Å². The molecule has 0 bridgehead atoms. The standard InChI is InChI=1S/C39H38F7N3O5/c1-23-19-49(24(2)22-50)37(52)29-7-6-9-32(47-35(51)17-26-13-14-27(38(41,42)43)18-30(26)39(44,45)46)36(29)54-34(23)21-48(3)20-25-11-15-28(16-12-25)53-33-10-5-4-8-31(33)40/h4-16,18,23-24,34,50H,17,19-22H2,1-3H3,(H,47,51)/t23-,24?,34-/m1/s1. The molecule has 1 aliphatic heterocycles. The number of carbonyl (C=O) groups is 2. The number of benzene rings is 4. The number of rotatable bonds is 11. The van der Waals surface area contributed by atoms with Crippen molar-refractivity contribution in [3.05, 3.63) is 119 Å². The third kappa shape index (κ3) is 9.68. The molecule has 2 amide bonds. The van der Waals surface area contributed by atoms with Gasteiger partial charge in [-0.3, -0.25) is 14.5 Å². The molecule has 4 aromatic rings. The number of amides is 2. The number of fused-ring (bicyclic) bond motifs is 1. The van der Waals surface area contributed by atoms with E-state index < -0.39 is 65.2 Å². The van der Waals surface area contributed by atoms with E-state index in [1.165, 1.54) is 35.2 Å². The minimum Gasteiger partial charge on any atom is -0.486 e. The molecule has 2 N–H and O–H groups in total. The summed E-state index contributed by atoms with van der Waals surface area (Å²) in [7, 11) is 1.84. The summed E-state index contributed by atoms with van der Waals surface area (Å²) in [5, 5.41) is 12.5. The van der Waals surface area contributed by atoms with Crippen molar-refractivity contribution in [2.24, 2.45) is 5.92 Å². The smallest absolute Gasteiger partial charge is 0.416 e. The van der Waals surface area contributed by atoms with E-state index in [0.717, 1.165) is 5.56 Å². The predicted molar refractivity (Wildman–Crippen MR) is 186 cm³/mol. The molecule has 0 aromatic heterocycles. The van der Waals surface area contributed by atoms with E-state index in [-0.39, 0.29) is 47.9 Å². The molecule has 0 saturated heterocycles. The highest BCUT2D eigenvalue weighted by molar-refractivity contribution is 6.02. The van der Waals surface area contributed by atoms with Crippen LogP contribution in [0.3, 0.4) is 0 Å². The number of nitrogens with zero attached hydrogens (tertiary/aromatic N) is 2. The lowest BCUT2D eigenvalue weighted by Crippen LogP contribution is -2.49. The van der Waals surface area contributed by atoms with Crippen molar-refractivity contribution in [2.45, 2.75) is 51.3 Å². The quantitative estimate of drug-likeness (QED) is 0.150. The lowest BCUT2D eigenvalue weighted by Gasteiger charge is -2.38. The molecule has 0 aliphatic carbocycles. The molecular weight excluding hydrogens is 723 g/mol. The second kappa shape index (κ2) is 16.5. The Hall–Kier alpha value is -5.15. The molecule has 0 saturated carbocycles. The fraction of sp³-hybridized carbons (Fsp3) is 0.333. The number of carbonyl (C=O) groups excluding carboxylic acids is 2. The zero-order valence-electron chi connectivity index (χ0n) is 29.5. The maximum Gasteiger partial charge on any atom is 0.416 e. The Morgan fingerprint density at radius 3 is 2.35 bits per heavy atom. The Morgan fingerprint density at radius 1 is 1.00 bits per heavy atom. The minimum atomic E-state index is -5.17. The molecule has 0 radical (unpaired) electrons. The second-order valence-electron chi connectivity index (χ2n) is 13.3. The topological polar surface area (TPSA) is 91.3 Å². The number of aliphatic hydroxyl groups excluding tert-OH is 1. The maximum absolute atomic E-state index is 14.0. The van der Waals surface area contributed by atoms with E-state index >= 15 is 0 Å². The average Bonchev–Trinajstić information content (AvgIpc) is 3.10. The van der Waals surface area contributed by atoms with Crippen LogP contribution in [-0.2, 0) is 30.1 Å². The van der Waals surface area contributed by atoms with Crippen molar-refractivity contribution in [1.29, 1.82) is 0 Å². The first-order chi connectivity index (χ1) is 25.4. The van der Waals surface area contributed by atoms with Crippen LogP contribution < -0.4 is 14.8 Å². The van der Waals surface area contributed by atoms with Gasteiger partial charge in [0, 0.05) is 25.6 Å². The van der Waals surface area contributed by atoms with Crippen LogP contribution in [0.5, 0.6) is 17.2 Å². The molecule has 1 heterocycles. The molecule has 54 heavy (non-hydrogen) atoms. The summed E-state index contributed by atoms with van der Waals surface area (Å²) in [5.41, 5.74) is -2.89. The van der Waals surface area contributed by atoms with Crippen LogP contribution in [0.2, 0.25) is 0 Å². The van der Waals surface area contributed by atoms with Gasteiger partial charge in [0.1, 0.15) is 11.9 Å². The van der Waals surface area contributed by atoms with Gasteiger partial charge in [-0.15, -0.1) is 0 Å². The molecule has 3 atom stereocenters. The van der Waals surface area contributed by atoms with Gasteiger partial charge in [0.05, 0.1) is 41.4 Å². The number of para-hydroxylation sites is 2. The van der Waals surface area contributed by atoms with E-state index in [2.05, 4.69) is 5.32 Å². The lowest BCUT2D eigenvalue weighted by molar-refractivity contribution is -0.143. The molecule has 1 aliphatic rings. The number of hydrogen-bond donors (Lipinski definition) is 2. The van der Waals surface area contributed by atoms with E-state index in [9.17, 15) is 45.4 Å². The summed E-state index contributed by atoms with van der Waals surface area (Å²) in [6.45, 7) is 4.11. The summed E-state index contributed by atoms with van der Waals surface area (Å²) < 4.78 is 107. The minimum absolute atomic E-state index is 0.0311. The van der Waals surface area contributed by atoms with Gasteiger partial charge in [0.2, 0.25) is 5.91 Å². The highest BCUT2D eigenvalue weighted by atomic mass is 19.4. The highest BCUT2D eigenvalue weighted by Crippen LogP contribution is 2.39. The molecule has 288 valence electrons. The Morgan fingerprint density at radius 2 is 1.70 bits per heavy atom. The van der Waals surface area contributed by atoms with Crippen molar-refractivity contribution in [3.63, 3.8) is 0 Å².